The molecular formula is C23H35ClN2O2. The molecule has 3 rings (SSSR count). The van der Waals surface area contributed by atoms with Crippen LogP contribution in [0, 0.1) is 5.92 Å². The van der Waals surface area contributed by atoms with Crippen LogP contribution in [0.4, 0.5) is 0 Å². The van der Waals surface area contributed by atoms with Crippen molar-refractivity contribution in [2.75, 3.05) is 0 Å². The smallest absolute Gasteiger partial charge is 0.217 e. The summed E-state index contributed by atoms with van der Waals surface area (Å²) in [4.78, 5) is 11.1. The van der Waals surface area contributed by atoms with E-state index in [0.717, 1.165) is 22.4 Å². The van der Waals surface area contributed by atoms with Crippen LogP contribution in [-0.2, 0) is 17.9 Å². The van der Waals surface area contributed by atoms with E-state index >= 15 is 0 Å². The van der Waals surface area contributed by atoms with Gasteiger partial charge in [0.05, 0.1) is 11.1 Å². The van der Waals surface area contributed by atoms with Gasteiger partial charge in [0.2, 0.25) is 5.91 Å². The molecule has 28 heavy (non-hydrogen) atoms. The van der Waals surface area contributed by atoms with Crippen molar-refractivity contribution in [1.29, 1.82) is 0 Å². The fourth-order valence-electron chi connectivity index (χ4n) is 3.85. The molecule has 5 heteroatoms. The molecule has 1 aromatic carbocycles. The van der Waals surface area contributed by atoms with Gasteiger partial charge in [-0.25, -0.2) is 0 Å². The van der Waals surface area contributed by atoms with Crippen molar-refractivity contribution in [1.82, 2.24) is 9.88 Å². The number of nitrogens with zero attached hydrogens (tertiary/aromatic N) is 1. The molecule has 2 N–H and O–H groups in total. The van der Waals surface area contributed by atoms with Crippen LogP contribution >= 0.6 is 11.6 Å². The van der Waals surface area contributed by atoms with Gasteiger partial charge >= 0.3 is 0 Å². The number of carbonyl (C=O) groups excluding carboxylic acids is 1. The summed E-state index contributed by atoms with van der Waals surface area (Å²) >= 11 is 6.28. The molecule has 0 aliphatic heterocycles. The van der Waals surface area contributed by atoms with E-state index in [9.17, 15) is 9.90 Å². The van der Waals surface area contributed by atoms with Gasteiger partial charge in [0, 0.05) is 37.1 Å². The number of aryl methyl sites for hydroxylation is 1. The number of hydrogen-bond acceptors (Lipinski definition) is 2. The fraction of sp³-hybridized carbons (Fsp3) is 0.609. The summed E-state index contributed by atoms with van der Waals surface area (Å²) in [5, 5.41) is 13.9. The normalized spacial score (nSPS) is 15.8. The number of nitrogens with one attached hydrogen (secondary N) is 1. The predicted octanol–water partition coefficient (Wildman–Crippen LogP) is 5.68. The van der Waals surface area contributed by atoms with Crippen molar-refractivity contribution in [3.05, 3.63) is 35.0 Å². The molecule has 0 radical (unpaired) electrons. The van der Waals surface area contributed by atoms with Crippen LogP contribution in [0.25, 0.3) is 10.9 Å². The summed E-state index contributed by atoms with van der Waals surface area (Å²) in [5.74, 6) is 1.02. The zero-order valence-electron chi connectivity index (χ0n) is 17.5. The minimum absolute atomic E-state index is 0.0677. The van der Waals surface area contributed by atoms with Crippen LogP contribution in [0.2, 0.25) is 5.02 Å². The summed E-state index contributed by atoms with van der Waals surface area (Å²) in [6, 6.07) is 5.76. The first kappa shape index (κ1) is 22.8. The highest BCUT2D eigenvalue weighted by atomic mass is 35.5. The highest BCUT2D eigenvalue weighted by Crippen LogP contribution is 2.29. The Morgan fingerprint density at radius 1 is 1.32 bits per heavy atom. The Hall–Kier alpha value is -1.52. The SMILES string of the molecule is CC(=O)NCc1cn(CCC(C)O)c2cccc(Cl)c12.CCC1CCCCC1. The molecule has 0 saturated heterocycles. The monoisotopic (exact) mass is 406 g/mol. The second-order valence-electron chi connectivity index (χ2n) is 7.94. The number of aromatic nitrogens is 1. The van der Waals surface area contributed by atoms with Gasteiger partial charge in [-0.2, -0.15) is 0 Å². The van der Waals surface area contributed by atoms with E-state index in [1.807, 2.05) is 24.4 Å². The molecule has 1 amide bonds. The molecule has 1 fully saturated rings. The largest absolute Gasteiger partial charge is 0.393 e. The Labute approximate surface area is 174 Å². The van der Waals surface area contributed by atoms with Crippen molar-refractivity contribution >= 4 is 28.4 Å². The third kappa shape index (κ3) is 6.82. The van der Waals surface area contributed by atoms with Crippen LogP contribution in [0.3, 0.4) is 0 Å². The van der Waals surface area contributed by atoms with Crippen LogP contribution in [0.1, 0.15) is 71.3 Å². The third-order valence-corrected chi connectivity index (χ3v) is 5.87. The van der Waals surface area contributed by atoms with Gasteiger partial charge in [-0.05, 0) is 37.0 Å². The minimum Gasteiger partial charge on any atom is -0.393 e. The van der Waals surface area contributed by atoms with Gasteiger partial charge in [-0.1, -0.05) is 63.1 Å². The second-order valence-corrected chi connectivity index (χ2v) is 8.35. The fourth-order valence-corrected chi connectivity index (χ4v) is 4.14. The lowest BCUT2D eigenvalue weighted by atomic mass is 9.88. The molecule has 1 unspecified atom stereocenters. The van der Waals surface area contributed by atoms with Crippen molar-refractivity contribution in [2.24, 2.45) is 5.92 Å². The standard InChI is InChI=1S/C15H19ClN2O2.C8H16/c1-10(19)6-7-18-9-12(8-17-11(2)20)15-13(16)4-3-5-14(15)18;1-2-8-6-4-3-5-7-8/h3-5,9-10,19H,6-8H2,1-2H3,(H,17,20);8H,2-7H2,1H3. The van der Waals surface area contributed by atoms with Crippen molar-refractivity contribution in [3.63, 3.8) is 0 Å². The number of amides is 1. The Bertz CT molecular complexity index is 748. The number of benzene rings is 1. The summed E-state index contributed by atoms with van der Waals surface area (Å²) in [6.07, 6.45) is 11.3. The summed E-state index contributed by atoms with van der Waals surface area (Å²) in [6.45, 7) is 6.76. The maximum atomic E-state index is 11.1. The van der Waals surface area contributed by atoms with E-state index in [2.05, 4.69) is 16.8 Å². The van der Waals surface area contributed by atoms with Gasteiger partial charge < -0.3 is 15.0 Å². The molecule has 1 aromatic heterocycles. The van der Waals surface area contributed by atoms with Gasteiger partial charge in [0.15, 0.2) is 0 Å². The van der Waals surface area contributed by atoms with Gasteiger partial charge in [0.25, 0.3) is 0 Å². The minimum atomic E-state index is -0.342. The number of hydrogen-bond donors (Lipinski definition) is 2. The molecule has 156 valence electrons. The molecule has 2 aromatic rings. The van der Waals surface area contributed by atoms with E-state index in [4.69, 9.17) is 11.6 Å². The maximum absolute atomic E-state index is 11.1. The molecule has 0 spiro atoms. The molecule has 1 aliphatic rings. The molecule has 1 heterocycles. The highest BCUT2D eigenvalue weighted by Gasteiger charge is 2.12. The summed E-state index contributed by atoms with van der Waals surface area (Å²) in [5.41, 5.74) is 2.02. The van der Waals surface area contributed by atoms with E-state index in [1.165, 1.54) is 45.4 Å². The number of fused-ring (bicyclic) bond motifs is 1. The second kappa shape index (κ2) is 11.5. The predicted molar refractivity (Wildman–Crippen MR) is 118 cm³/mol. The van der Waals surface area contributed by atoms with E-state index in [-0.39, 0.29) is 12.0 Å². The van der Waals surface area contributed by atoms with E-state index in [0.29, 0.717) is 24.5 Å². The number of rotatable bonds is 6. The van der Waals surface area contributed by atoms with E-state index in [1.54, 1.807) is 6.92 Å². The molecule has 4 nitrogen and oxygen atoms in total. The van der Waals surface area contributed by atoms with Crippen LogP contribution in [0.15, 0.2) is 24.4 Å². The zero-order chi connectivity index (χ0) is 20.5. The van der Waals surface area contributed by atoms with Crippen molar-refractivity contribution < 1.29 is 9.90 Å². The quantitative estimate of drug-likeness (QED) is 0.648. The Balaban J connectivity index is 0.000000292. The lowest BCUT2D eigenvalue weighted by molar-refractivity contribution is -0.119. The molecule has 1 saturated carbocycles. The zero-order valence-corrected chi connectivity index (χ0v) is 18.3. The van der Waals surface area contributed by atoms with E-state index < -0.39 is 0 Å². The first-order chi connectivity index (χ1) is 13.4. The lowest BCUT2D eigenvalue weighted by Gasteiger charge is -2.18. The molecule has 0 bridgehead atoms. The molecular weight excluding hydrogens is 372 g/mol. The maximum Gasteiger partial charge on any atom is 0.217 e. The third-order valence-electron chi connectivity index (χ3n) is 5.55. The average Bonchev–Trinajstić information content (AvgIpc) is 3.05. The number of halogens is 1. The first-order valence-electron chi connectivity index (χ1n) is 10.6. The number of aliphatic hydroxyl groups is 1. The number of aliphatic hydroxyl groups excluding tert-OH is 1. The summed E-state index contributed by atoms with van der Waals surface area (Å²) in [7, 11) is 0. The molecule has 1 aliphatic carbocycles. The lowest BCUT2D eigenvalue weighted by Crippen LogP contribution is -2.18. The number of carbonyl (C=O) groups is 1. The van der Waals surface area contributed by atoms with Crippen LogP contribution in [0.5, 0.6) is 0 Å². The van der Waals surface area contributed by atoms with Crippen molar-refractivity contribution in [3.8, 4) is 0 Å². The Kier molecular flexibility index (Phi) is 9.33. The average molecular weight is 407 g/mol. The topological polar surface area (TPSA) is 54.3 Å². The highest BCUT2D eigenvalue weighted by molar-refractivity contribution is 6.35. The Morgan fingerprint density at radius 2 is 2.04 bits per heavy atom. The van der Waals surface area contributed by atoms with Crippen molar-refractivity contribution in [2.45, 2.75) is 84.9 Å². The van der Waals surface area contributed by atoms with Crippen LogP contribution < -0.4 is 5.32 Å². The first-order valence-corrected chi connectivity index (χ1v) is 11.0. The van der Waals surface area contributed by atoms with Crippen LogP contribution in [-0.4, -0.2) is 21.7 Å². The van der Waals surface area contributed by atoms with Gasteiger partial charge in [-0.15, -0.1) is 0 Å². The van der Waals surface area contributed by atoms with Gasteiger partial charge in [0.1, 0.15) is 0 Å². The Morgan fingerprint density at radius 3 is 2.61 bits per heavy atom. The van der Waals surface area contributed by atoms with Gasteiger partial charge in [-0.3, -0.25) is 4.79 Å². The summed E-state index contributed by atoms with van der Waals surface area (Å²) < 4.78 is 2.07. The molecule has 1 atom stereocenters.